The van der Waals surface area contributed by atoms with Gasteiger partial charge in [0.15, 0.2) is 5.15 Å². The number of aryl methyl sites for hydroxylation is 1. The second kappa shape index (κ2) is 8.95. The number of aromatic nitrogens is 3. The molecular formula is C28H37ClN4O2. The van der Waals surface area contributed by atoms with Crippen LogP contribution in [-0.2, 0) is 17.7 Å². The predicted molar refractivity (Wildman–Crippen MR) is 141 cm³/mol. The van der Waals surface area contributed by atoms with E-state index in [4.69, 9.17) is 21.3 Å². The van der Waals surface area contributed by atoms with Gasteiger partial charge in [0.2, 0.25) is 0 Å². The molecule has 0 spiro atoms. The number of carbonyl (C=O) groups is 1. The quantitative estimate of drug-likeness (QED) is 0.366. The minimum Gasteiger partial charge on any atom is -0.444 e. The highest BCUT2D eigenvalue weighted by molar-refractivity contribution is 6.35. The van der Waals surface area contributed by atoms with Gasteiger partial charge in [0.05, 0.1) is 11.0 Å². The number of ether oxygens (including phenoxy) is 1. The molecule has 0 unspecified atom stereocenters. The number of nitrogens with zero attached hydrogens (tertiary/aromatic N) is 3. The summed E-state index contributed by atoms with van der Waals surface area (Å²) in [4.78, 5) is 22.2. The van der Waals surface area contributed by atoms with E-state index in [0.29, 0.717) is 5.15 Å². The van der Waals surface area contributed by atoms with Gasteiger partial charge in [0, 0.05) is 23.9 Å². The molecule has 7 heteroatoms. The Bertz CT molecular complexity index is 1230. The number of fused-ring (bicyclic) bond motifs is 6. The van der Waals surface area contributed by atoms with Crippen LogP contribution in [0.2, 0.25) is 5.15 Å². The Morgan fingerprint density at radius 1 is 1.11 bits per heavy atom. The first-order chi connectivity index (χ1) is 16.6. The van der Waals surface area contributed by atoms with Crippen LogP contribution < -0.4 is 5.32 Å². The number of unbranched alkanes of at least 4 members (excludes halogenated alkanes) is 1. The van der Waals surface area contributed by atoms with E-state index in [2.05, 4.69) is 33.9 Å². The van der Waals surface area contributed by atoms with Crippen LogP contribution >= 0.6 is 11.6 Å². The number of nitrogens with one attached hydrogen (secondary N) is 1. The van der Waals surface area contributed by atoms with Gasteiger partial charge < -0.3 is 14.6 Å². The summed E-state index contributed by atoms with van der Waals surface area (Å²) in [6, 6.07) is 8.24. The lowest BCUT2D eigenvalue weighted by Crippen LogP contribution is -2.58. The minimum atomic E-state index is -0.482. The molecule has 188 valence electrons. The molecule has 1 aromatic carbocycles. The molecular weight excluding hydrogens is 460 g/mol. The highest BCUT2D eigenvalue weighted by Gasteiger charge is 2.50. The van der Waals surface area contributed by atoms with E-state index in [-0.39, 0.29) is 17.0 Å². The third-order valence-corrected chi connectivity index (χ3v) is 8.30. The molecule has 6 nitrogen and oxygen atoms in total. The monoisotopic (exact) mass is 496 g/mol. The lowest BCUT2D eigenvalue weighted by Gasteiger charge is -2.53. The molecule has 0 radical (unpaired) electrons. The first kappa shape index (κ1) is 24.4. The minimum absolute atomic E-state index is 0.133. The van der Waals surface area contributed by atoms with E-state index in [9.17, 15) is 4.79 Å². The Morgan fingerprint density at radius 3 is 2.46 bits per heavy atom. The average molecular weight is 497 g/mol. The van der Waals surface area contributed by atoms with Crippen molar-refractivity contribution in [1.29, 1.82) is 0 Å². The van der Waals surface area contributed by atoms with Gasteiger partial charge >= 0.3 is 6.09 Å². The van der Waals surface area contributed by atoms with Crippen LogP contribution in [0.1, 0.15) is 84.9 Å². The van der Waals surface area contributed by atoms with Gasteiger partial charge in [-0.1, -0.05) is 43.1 Å². The summed E-state index contributed by atoms with van der Waals surface area (Å²) in [6.45, 7) is 8.89. The van der Waals surface area contributed by atoms with E-state index in [0.717, 1.165) is 92.1 Å². The van der Waals surface area contributed by atoms with E-state index in [1.807, 2.05) is 32.9 Å². The number of imidazole rings is 1. The maximum absolute atomic E-state index is 12.5. The Balaban J connectivity index is 1.45. The lowest BCUT2D eigenvalue weighted by atomic mass is 9.57. The Labute approximate surface area is 212 Å². The van der Waals surface area contributed by atoms with Crippen molar-refractivity contribution >= 4 is 39.6 Å². The number of hydrogen-bond donors (Lipinski definition) is 1. The van der Waals surface area contributed by atoms with Crippen LogP contribution in [0.5, 0.6) is 0 Å². The average Bonchev–Trinajstić information content (AvgIpc) is 3.16. The van der Waals surface area contributed by atoms with Gasteiger partial charge in [-0.15, -0.1) is 0 Å². The number of benzene rings is 1. The molecule has 3 fully saturated rings. The molecule has 2 aromatic heterocycles. The van der Waals surface area contributed by atoms with Gasteiger partial charge in [-0.2, -0.15) is 0 Å². The van der Waals surface area contributed by atoms with Gasteiger partial charge in [0.1, 0.15) is 16.9 Å². The van der Waals surface area contributed by atoms with E-state index < -0.39 is 5.60 Å². The second-order valence-corrected chi connectivity index (χ2v) is 12.1. The molecule has 0 atom stereocenters. The zero-order chi connectivity index (χ0) is 24.8. The fraction of sp³-hybridized carbons (Fsp3) is 0.607. The van der Waals surface area contributed by atoms with E-state index in [1.54, 1.807) is 0 Å². The van der Waals surface area contributed by atoms with Crippen LogP contribution in [0.3, 0.4) is 0 Å². The molecule has 0 aliphatic heterocycles. The lowest BCUT2D eigenvalue weighted by molar-refractivity contribution is -0.00300. The smallest absolute Gasteiger partial charge is 0.408 e. The number of alkyl carbamates (subject to hydrolysis) is 1. The number of amides is 1. The predicted octanol–water partition coefficient (Wildman–Crippen LogP) is 7.20. The largest absolute Gasteiger partial charge is 0.444 e. The first-order valence-electron chi connectivity index (χ1n) is 13.1. The van der Waals surface area contributed by atoms with E-state index in [1.165, 1.54) is 0 Å². The molecule has 1 amide bonds. The highest BCUT2D eigenvalue weighted by Crippen LogP contribution is 2.53. The molecule has 2 bridgehead atoms. The SMILES string of the molecule is CCCCc1nc2c(Cl)nc3ccccc3c2n1CC12CCC(NC(=O)OC(C)(C)C)(CC1)CC2. The summed E-state index contributed by atoms with van der Waals surface area (Å²) in [5, 5.41) is 4.85. The van der Waals surface area contributed by atoms with Gasteiger partial charge in [-0.3, -0.25) is 0 Å². The topological polar surface area (TPSA) is 69.0 Å². The molecule has 3 aromatic rings. The van der Waals surface area contributed by atoms with Crippen LogP contribution in [0.15, 0.2) is 24.3 Å². The van der Waals surface area contributed by atoms with Crippen molar-refractivity contribution in [2.45, 2.75) is 103 Å². The highest BCUT2D eigenvalue weighted by atomic mass is 35.5. The van der Waals surface area contributed by atoms with Gasteiger partial charge in [-0.05, 0) is 77.2 Å². The van der Waals surface area contributed by atoms with Crippen molar-refractivity contribution in [3.05, 3.63) is 35.2 Å². The first-order valence-corrected chi connectivity index (χ1v) is 13.5. The third-order valence-electron chi connectivity index (χ3n) is 8.04. The summed E-state index contributed by atoms with van der Waals surface area (Å²) in [5.41, 5.74) is 2.45. The molecule has 3 saturated carbocycles. The molecule has 2 heterocycles. The fourth-order valence-corrected chi connectivity index (χ4v) is 6.31. The summed E-state index contributed by atoms with van der Waals surface area (Å²) in [6.07, 6.45) is 9.12. The maximum Gasteiger partial charge on any atom is 0.408 e. The molecule has 1 N–H and O–H groups in total. The van der Waals surface area contributed by atoms with Gasteiger partial charge in [0.25, 0.3) is 0 Å². The van der Waals surface area contributed by atoms with Crippen molar-refractivity contribution in [2.24, 2.45) is 5.41 Å². The van der Waals surface area contributed by atoms with Crippen molar-refractivity contribution in [3.8, 4) is 0 Å². The van der Waals surface area contributed by atoms with Crippen molar-refractivity contribution < 1.29 is 9.53 Å². The number of para-hydroxylation sites is 1. The summed E-state index contributed by atoms with van der Waals surface area (Å²) in [7, 11) is 0. The number of halogens is 1. The molecule has 3 aliphatic carbocycles. The standard InChI is InChI=1S/C28H37ClN4O2/c1-5-6-11-21-31-22-23(19-9-7-8-10-20(19)30-24(22)29)33(21)18-27-12-15-28(16-13-27,17-14-27)32-25(34)35-26(2,3)4/h7-10H,5-6,11-18H2,1-4H3,(H,32,34). The maximum atomic E-state index is 12.5. The molecule has 6 rings (SSSR count). The van der Waals surface area contributed by atoms with E-state index >= 15 is 0 Å². The second-order valence-electron chi connectivity index (χ2n) is 11.7. The zero-order valence-electron chi connectivity index (χ0n) is 21.4. The number of hydrogen-bond acceptors (Lipinski definition) is 4. The number of carbonyl (C=O) groups excluding carboxylic acids is 1. The summed E-state index contributed by atoms with van der Waals surface area (Å²) < 4.78 is 8.03. The Kier molecular flexibility index (Phi) is 6.23. The van der Waals surface area contributed by atoms with Crippen molar-refractivity contribution in [1.82, 2.24) is 19.9 Å². The number of rotatable bonds is 6. The summed E-state index contributed by atoms with van der Waals surface area (Å²) >= 11 is 6.65. The zero-order valence-corrected chi connectivity index (χ0v) is 22.2. The molecule has 3 aliphatic rings. The van der Waals surface area contributed by atoms with Crippen LogP contribution in [0, 0.1) is 5.41 Å². The van der Waals surface area contributed by atoms with Crippen molar-refractivity contribution in [3.63, 3.8) is 0 Å². The third kappa shape index (κ3) is 4.74. The Hall–Kier alpha value is -2.34. The Morgan fingerprint density at radius 2 is 1.80 bits per heavy atom. The summed E-state index contributed by atoms with van der Waals surface area (Å²) in [5.74, 6) is 1.12. The fourth-order valence-electron chi connectivity index (χ4n) is 6.09. The number of pyridine rings is 1. The van der Waals surface area contributed by atoms with Gasteiger partial charge in [-0.25, -0.2) is 14.8 Å². The van der Waals surface area contributed by atoms with Crippen LogP contribution in [0.25, 0.3) is 21.9 Å². The normalized spacial score (nSPS) is 24.3. The van der Waals surface area contributed by atoms with Crippen molar-refractivity contribution in [2.75, 3.05) is 0 Å². The molecule has 0 saturated heterocycles. The molecule has 35 heavy (non-hydrogen) atoms. The van der Waals surface area contributed by atoms with Crippen LogP contribution in [0.4, 0.5) is 4.79 Å². The van der Waals surface area contributed by atoms with Crippen LogP contribution in [-0.4, -0.2) is 31.8 Å².